The van der Waals surface area contributed by atoms with Crippen molar-refractivity contribution in [3.05, 3.63) is 42.0 Å². The van der Waals surface area contributed by atoms with E-state index >= 15 is 0 Å². The Morgan fingerprint density at radius 3 is 2.61 bits per heavy atom. The maximum Gasteiger partial charge on any atom is 0.252 e. The van der Waals surface area contributed by atoms with Crippen molar-refractivity contribution in [3.8, 4) is 0 Å². The highest BCUT2D eigenvalue weighted by Gasteiger charge is 2.15. The number of amides is 1. The van der Waals surface area contributed by atoms with E-state index in [-0.39, 0.29) is 22.4 Å². The van der Waals surface area contributed by atoms with Gasteiger partial charge in [0.25, 0.3) is 5.91 Å². The Bertz CT molecular complexity index is 579. The number of hydrogen-bond acceptors (Lipinski definition) is 3. The molecule has 0 radical (unpaired) electrons. The van der Waals surface area contributed by atoms with Crippen molar-refractivity contribution >= 4 is 15.9 Å². The van der Waals surface area contributed by atoms with E-state index in [1.807, 2.05) is 0 Å². The van der Waals surface area contributed by atoms with Crippen molar-refractivity contribution in [3.63, 3.8) is 0 Å². The number of benzene rings is 1. The van der Waals surface area contributed by atoms with Crippen LogP contribution in [0.3, 0.4) is 0 Å². The lowest BCUT2D eigenvalue weighted by Gasteiger charge is -2.11. The Morgan fingerprint density at radius 2 is 2.11 bits per heavy atom. The maximum atomic E-state index is 11.9. The molecule has 18 heavy (non-hydrogen) atoms. The van der Waals surface area contributed by atoms with Crippen LogP contribution in [0.5, 0.6) is 0 Å². The molecule has 6 heteroatoms. The average molecular weight is 268 g/mol. The van der Waals surface area contributed by atoms with E-state index in [2.05, 4.69) is 11.9 Å². The van der Waals surface area contributed by atoms with E-state index in [1.165, 1.54) is 12.1 Å². The van der Waals surface area contributed by atoms with Crippen molar-refractivity contribution in [1.29, 1.82) is 0 Å². The fraction of sp³-hybridized carbons (Fsp3) is 0.250. The molecule has 0 aliphatic rings. The van der Waals surface area contributed by atoms with Crippen LogP contribution >= 0.6 is 0 Å². The number of aryl methyl sites for hydroxylation is 1. The van der Waals surface area contributed by atoms with Gasteiger partial charge in [-0.2, -0.15) is 0 Å². The second kappa shape index (κ2) is 5.32. The lowest BCUT2D eigenvalue weighted by Crippen LogP contribution is -2.31. The fourth-order valence-electron chi connectivity index (χ4n) is 1.37. The lowest BCUT2D eigenvalue weighted by atomic mass is 10.1. The molecule has 98 valence electrons. The smallest absolute Gasteiger partial charge is 0.252 e. The van der Waals surface area contributed by atoms with Crippen LogP contribution in [0.15, 0.2) is 35.7 Å². The Balaban J connectivity index is 3.16. The van der Waals surface area contributed by atoms with Crippen molar-refractivity contribution in [2.24, 2.45) is 5.14 Å². The number of nitrogens with two attached hydrogens (primary N) is 1. The molecule has 1 rings (SSSR count). The summed E-state index contributed by atoms with van der Waals surface area (Å²) in [5.41, 5.74) is 0.964. The molecule has 1 atom stereocenters. The van der Waals surface area contributed by atoms with Gasteiger partial charge in [0.1, 0.15) is 0 Å². The van der Waals surface area contributed by atoms with Gasteiger partial charge in [-0.3, -0.25) is 4.79 Å². The molecule has 0 saturated heterocycles. The molecule has 0 fully saturated rings. The summed E-state index contributed by atoms with van der Waals surface area (Å²) in [5.74, 6) is -0.356. The van der Waals surface area contributed by atoms with E-state index in [4.69, 9.17) is 5.14 Å². The van der Waals surface area contributed by atoms with Crippen molar-refractivity contribution in [2.75, 3.05) is 0 Å². The highest BCUT2D eigenvalue weighted by molar-refractivity contribution is 7.89. The standard InChI is InChI=1S/C12H16N2O3S/c1-4-9(3)14-12(15)11-7-10(18(13,16)17)6-5-8(11)2/h4-7,9H,1H2,2-3H3,(H,14,15)(H2,13,16,17). The number of rotatable bonds is 4. The Kier molecular flexibility index (Phi) is 4.26. The van der Waals surface area contributed by atoms with Crippen LogP contribution in [-0.4, -0.2) is 20.4 Å². The number of sulfonamides is 1. The summed E-state index contributed by atoms with van der Waals surface area (Å²) in [6.07, 6.45) is 1.58. The summed E-state index contributed by atoms with van der Waals surface area (Å²) in [5, 5.41) is 7.70. The molecule has 0 aromatic heterocycles. The summed E-state index contributed by atoms with van der Waals surface area (Å²) in [7, 11) is -3.81. The highest BCUT2D eigenvalue weighted by atomic mass is 32.2. The molecule has 1 aromatic carbocycles. The SMILES string of the molecule is C=CC(C)NC(=O)c1cc(S(N)(=O)=O)ccc1C. The molecule has 0 saturated carbocycles. The van der Waals surface area contributed by atoms with Gasteiger partial charge >= 0.3 is 0 Å². The predicted molar refractivity (Wildman–Crippen MR) is 69.7 cm³/mol. The van der Waals surface area contributed by atoms with Gasteiger partial charge < -0.3 is 5.32 Å². The normalized spacial score (nSPS) is 12.8. The molecule has 1 aromatic rings. The molecule has 5 nitrogen and oxygen atoms in total. The van der Waals surface area contributed by atoms with Crippen LogP contribution in [0.2, 0.25) is 0 Å². The first-order chi connectivity index (χ1) is 8.25. The molecule has 0 spiro atoms. The van der Waals surface area contributed by atoms with E-state index in [0.29, 0.717) is 5.56 Å². The molecule has 1 unspecified atom stereocenters. The first kappa shape index (κ1) is 14.4. The van der Waals surface area contributed by atoms with Crippen LogP contribution < -0.4 is 10.5 Å². The van der Waals surface area contributed by atoms with Crippen molar-refractivity contribution in [2.45, 2.75) is 24.8 Å². The molecule has 1 amide bonds. The van der Waals surface area contributed by atoms with Gasteiger partial charge in [-0.05, 0) is 31.5 Å². The van der Waals surface area contributed by atoms with Gasteiger partial charge in [-0.15, -0.1) is 6.58 Å². The first-order valence-corrected chi connectivity index (χ1v) is 6.87. The number of primary sulfonamides is 1. The van der Waals surface area contributed by atoms with Crippen LogP contribution in [0, 0.1) is 6.92 Å². The van der Waals surface area contributed by atoms with Gasteiger partial charge in [-0.25, -0.2) is 13.6 Å². The Morgan fingerprint density at radius 1 is 1.50 bits per heavy atom. The highest BCUT2D eigenvalue weighted by Crippen LogP contribution is 2.14. The van der Waals surface area contributed by atoms with E-state index in [0.717, 1.165) is 0 Å². The van der Waals surface area contributed by atoms with Crippen molar-refractivity contribution in [1.82, 2.24) is 5.32 Å². The quantitative estimate of drug-likeness (QED) is 0.797. The summed E-state index contributed by atoms with van der Waals surface area (Å²) < 4.78 is 22.5. The second-order valence-electron chi connectivity index (χ2n) is 4.02. The number of nitrogens with one attached hydrogen (secondary N) is 1. The molecule has 0 aliphatic heterocycles. The number of hydrogen-bond donors (Lipinski definition) is 2. The predicted octanol–water partition coefficient (Wildman–Crippen LogP) is 0.947. The van der Waals surface area contributed by atoms with Gasteiger partial charge in [0.2, 0.25) is 10.0 Å². The zero-order valence-corrected chi connectivity index (χ0v) is 11.1. The monoisotopic (exact) mass is 268 g/mol. The summed E-state index contributed by atoms with van der Waals surface area (Å²) in [6.45, 7) is 7.05. The lowest BCUT2D eigenvalue weighted by molar-refractivity contribution is 0.0946. The zero-order valence-electron chi connectivity index (χ0n) is 10.3. The van der Waals surface area contributed by atoms with Crippen LogP contribution in [0.1, 0.15) is 22.8 Å². The minimum absolute atomic E-state index is 0.0792. The maximum absolute atomic E-state index is 11.9. The van der Waals surface area contributed by atoms with Crippen LogP contribution in [-0.2, 0) is 10.0 Å². The van der Waals surface area contributed by atoms with Crippen LogP contribution in [0.4, 0.5) is 0 Å². The van der Waals surface area contributed by atoms with E-state index in [9.17, 15) is 13.2 Å². The fourth-order valence-corrected chi connectivity index (χ4v) is 1.91. The topological polar surface area (TPSA) is 89.3 Å². The molecule has 0 aliphatic carbocycles. The molecular weight excluding hydrogens is 252 g/mol. The molecular formula is C12H16N2O3S. The molecule has 0 heterocycles. The van der Waals surface area contributed by atoms with Crippen molar-refractivity contribution < 1.29 is 13.2 Å². The minimum Gasteiger partial charge on any atom is -0.346 e. The van der Waals surface area contributed by atoms with E-state index < -0.39 is 10.0 Å². The van der Waals surface area contributed by atoms with Gasteiger partial charge in [-0.1, -0.05) is 12.1 Å². The second-order valence-corrected chi connectivity index (χ2v) is 5.58. The van der Waals surface area contributed by atoms with Gasteiger partial charge in [0.15, 0.2) is 0 Å². The third kappa shape index (κ3) is 3.41. The third-order valence-electron chi connectivity index (χ3n) is 2.49. The average Bonchev–Trinajstić information content (AvgIpc) is 2.27. The third-order valence-corrected chi connectivity index (χ3v) is 3.41. The number of carbonyl (C=O) groups is 1. The molecule has 0 bridgehead atoms. The Labute approximate surface area is 107 Å². The largest absolute Gasteiger partial charge is 0.346 e. The van der Waals surface area contributed by atoms with E-state index in [1.54, 1.807) is 26.0 Å². The Hall–Kier alpha value is -1.66. The van der Waals surface area contributed by atoms with Gasteiger partial charge in [0, 0.05) is 11.6 Å². The summed E-state index contributed by atoms with van der Waals surface area (Å²) >= 11 is 0. The molecule has 3 N–H and O–H groups in total. The summed E-state index contributed by atoms with van der Waals surface area (Å²) in [4.78, 5) is 11.8. The first-order valence-electron chi connectivity index (χ1n) is 5.32. The van der Waals surface area contributed by atoms with Crippen LogP contribution in [0.25, 0.3) is 0 Å². The van der Waals surface area contributed by atoms with Gasteiger partial charge in [0.05, 0.1) is 4.90 Å². The summed E-state index contributed by atoms with van der Waals surface area (Å²) in [6, 6.07) is 4.00. The minimum atomic E-state index is -3.81. The zero-order chi connectivity index (χ0) is 13.9. The number of carbonyl (C=O) groups excluding carboxylic acids is 1.